The third kappa shape index (κ3) is 7.05. The monoisotopic (exact) mass is 402 g/mol. The number of hydrogen-bond donors (Lipinski definition) is 2. The van der Waals surface area contributed by atoms with Crippen LogP contribution in [0.1, 0.15) is 53.6 Å². The second-order valence-electron chi connectivity index (χ2n) is 6.57. The zero-order valence-electron chi connectivity index (χ0n) is 15.1. The molecule has 0 saturated heterocycles. The van der Waals surface area contributed by atoms with Crippen molar-refractivity contribution in [1.29, 1.82) is 0 Å². The highest BCUT2D eigenvalue weighted by atomic mass is 32.2. The normalized spacial score (nSPS) is 16.8. The lowest BCUT2D eigenvalue weighted by Crippen LogP contribution is -2.42. The van der Waals surface area contributed by atoms with Gasteiger partial charge in [-0.05, 0) is 38.3 Å². The van der Waals surface area contributed by atoms with Gasteiger partial charge in [0.15, 0.2) is 6.10 Å². The molecular weight excluding hydrogens is 376 g/mol. The summed E-state index contributed by atoms with van der Waals surface area (Å²) in [6.07, 6.45) is 6.13. The molecule has 0 aromatic carbocycles. The van der Waals surface area contributed by atoms with Crippen molar-refractivity contribution in [3.8, 4) is 0 Å². The van der Waals surface area contributed by atoms with E-state index < -0.39 is 22.1 Å². The SMILES string of the molecule is CC(OC(=O)c1ccc(CCNS(C)(=O)=O)s1)C(=O)NC1CCCCC1. The van der Waals surface area contributed by atoms with E-state index in [-0.39, 0.29) is 18.5 Å². The molecule has 7 nitrogen and oxygen atoms in total. The van der Waals surface area contributed by atoms with Crippen LogP contribution in [0.25, 0.3) is 0 Å². The van der Waals surface area contributed by atoms with Gasteiger partial charge in [-0.15, -0.1) is 11.3 Å². The summed E-state index contributed by atoms with van der Waals surface area (Å²) in [5.74, 6) is -0.803. The van der Waals surface area contributed by atoms with Gasteiger partial charge >= 0.3 is 5.97 Å². The van der Waals surface area contributed by atoms with Gasteiger partial charge in [-0.2, -0.15) is 0 Å². The van der Waals surface area contributed by atoms with Crippen molar-refractivity contribution in [2.45, 2.75) is 57.6 Å². The van der Waals surface area contributed by atoms with E-state index in [4.69, 9.17) is 4.74 Å². The summed E-state index contributed by atoms with van der Waals surface area (Å²) in [7, 11) is -3.22. The summed E-state index contributed by atoms with van der Waals surface area (Å²) >= 11 is 1.24. The summed E-state index contributed by atoms with van der Waals surface area (Å²) in [5.41, 5.74) is 0. The van der Waals surface area contributed by atoms with Crippen molar-refractivity contribution in [2.24, 2.45) is 0 Å². The Bertz CT molecular complexity index is 723. The molecule has 0 bridgehead atoms. The molecule has 2 rings (SSSR count). The Morgan fingerprint density at radius 3 is 2.62 bits per heavy atom. The van der Waals surface area contributed by atoms with Crippen LogP contribution in [-0.2, 0) is 26.0 Å². The van der Waals surface area contributed by atoms with Crippen LogP contribution in [0.15, 0.2) is 12.1 Å². The van der Waals surface area contributed by atoms with Crippen molar-refractivity contribution in [3.63, 3.8) is 0 Å². The highest BCUT2D eigenvalue weighted by molar-refractivity contribution is 7.88. The Hall–Kier alpha value is -1.45. The fourth-order valence-corrected chi connectivity index (χ4v) is 4.18. The molecule has 1 aliphatic carbocycles. The van der Waals surface area contributed by atoms with Crippen LogP contribution in [0.5, 0.6) is 0 Å². The number of amides is 1. The van der Waals surface area contributed by atoms with E-state index >= 15 is 0 Å². The number of hydrogen-bond acceptors (Lipinski definition) is 6. The van der Waals surface area contributed by atoms with Gasteiger partial charge in [-0.25, -0.2) is 17.9 Å². The lowest BCUT2D eigenvalue weighted by Gasteiger charge is -2.24. The average Bonchev–Trinajstić information content (AvgIpc) is 3.03. The quantitative estimate of drug-likeness (QED) is 0.646. The molecule has 0 aliphatic heterocycles. The van der Waals surface area contributed by atoms with Gasteiger partial charge < -0.3 is 10.1 Å². The van der Waals surface area contributed by atoms with Crippen LogP contribution in [0.3, 0.4) is 0 Å². The summed E-state index contributed by atoms with van der Waals surface area (Å²) in [6, 6.07) is 3.57. The third-order valence-corrected chi connectivity index (χ3v) is 6.06. The van der Waals surface area contributed by atoms with E-state index in [1.54, 1.807) is 19.1 Å². The van der Waals surface area contributed by atoms with E-state index in [1.165, 1.54) is 17.8 Å². The molecule has 1 aromatic heterocycles. The molecule has 0 spiro atoms. The van der Waals surface area contributed by atoms with Crippen molar-refractivity contribution in [2.75, 3.05) is 12.8 Å². The molecule has 1 atom stereocenters. The first-order chi connectivity index (χ1) is 12.2. The number of carbonyl (C=O) groups is 2. The molecular formula is C17H26N2O5S2. The highest BCUT2D eigenvalue weighted by Crippen LogP contribution is 2.20. The molecule has 1 amide bonds. The van der Waals surface area contributed by atoms with E-state index in [9.17, 15) is 18.0 Å². The average molecular weight is 403 g/mol. The Morgan fingerprint density at radius 1 is 1.27 bits per heavy atom. The molecule has 26 heavy (non-hydrogen) atoms. The first kappa shape index (κ1) is 20.9. The predicted octanol–water partition coefficient (Wildman–Crippen LogP) is 1.83. The Kier molecular flexibility index (Phi) is 7.60. The molecule has 1 heterocycles. The first-order valence-electron chi connectivity index (χ1n) is 8.79. The first-order valence-corrected chi connectivity index (χ1v) is 11.5. The lowest BCUT2D eigenvalue weighted by atomic mass is 9.95. The minimum absolute atomic E-state index is 0.174. The molecule has 1 aliphatic rings. The Morgan fingerprint density at radius 2 is 1.96 bits per heavy atom. The minimum Gasteiger partial charge on any atom is -0.448 e. The van der Waals surface area contributed by atoms with Crippen LogP contribution in [0.2, 0.25) is 0 Å². The van der Waals surface area contributed by atoms with Crippen LogP contribution in [0.4, 0.5) is 0 Å². The molecule has 1 aromatic rings. The molecule has 146 valence electrons. The largest absolute Gasteiger partial charge is 0.448 e. The van der Waals surface area contributed by atoms with Gasteiger partial charge in [-0.1, -0.05) is 19.3 Å². The maximum absolute atomic E-state index is 12.2. The topological polar surface area (TPSA) is 102 Å². The lowest BCUT2D eigenvalue weighted by molar-refractivity contribution is -0.130. The van der Waals surface area contributed by atoms with E-state index in [2.05, 4.69) is 10.0 Å². The Labute approximate surface area is 158 Å². The number of esters is 1. The van der Waals surface area contributed by atoms with Gasteiger partial charge in [0.25, 0.3) is 5.91 Å². The minimum atomic E-state index is -3.22. The molecule has 1 unspecified atom stereocenters. The van der Waals surface area contributed by atoms with Crippen molar-refractivity contribution in [3.05, 3.63) is 21.9 Å². The molecule has 1 fully saturated rings. The van der Waals surface area contributed by atoms with E-state index in [0.29, 0.717) is 11.3 Å². The molecule has 1 saturated carbocycles. The van der Waals surface area contributed by atoms with E-state index in [0.717, 1.165) is 36.8 Å². The molecule has 2 N–H and O–H groups in total. The fourth-order valence-electron chi connectivity index (χ4n) is 2.82. The van der Waals surface area contributed by atoms with Gasteiger partial charge in [0.1, 0.15) is 4.88 Å². The zero-order valence-corrected chi connectivity index (χ0v) is 16.7. The summed E-state index contributed by atoms with van der Waals surface area (Å²) in [5, 5.41) is 2.94. The van der Waals surface area contributed by atoms with Gasteiger partial charge in [0.05, 0.1) is 6.26 Å². The fraction of sp³-hybridized carbons (Fsp3) is 0.647. The number of ether oxygens (including phenoxy) is 1. The molecule has 9 heteroatoms. The summed E-state index contributed by atoms with van der Waals surface area (Å²) < 4.78 is 29.8. The maximum atomic E-state index is 12.2. The van der Waals surface area contributed by atoms with Crippen LogP contribution < -0.4 is 10.0 Å². The molecule has 0 radical (unpaired) electrons. The summed E-state index contributed by atoms with van der Waals surface area (Å²) in [6.45, 7) is 1.84. The number of rotatable bonds is 8. The number of sulfonamides is 1. The third-order valence-electron chi connectivity index (χ3n) is 4.20. The van der Waals surface area contributed by atoms with Crippen LogP contribution in [-0.4, -0.2) is 45.2 Å². The van der Waals surface area contributed by atoms with Gasteiger partial charge in [-0.3, -0.25) is 4.79 Å². The number of nitrogens with one attached hydrogen (secondary N) is 2. The number of thiophene rings is 1. The zero-order chi connectivity index (χ0) is 19.2. The second kappa shape index (κ2) is 9.48. The van der Waals surface area contributed by atoms with Crippen LogP contribution >= 0.6 is 11.3 Å². The van der Waals surface area contributed by atoms with Gasteiger partial charge in [0.2, 0.25) is 10.0 Å². The van der Waals surface area contributed by atoms with Crippen molar-refractivity contribution in [1.82, 2.24) is 10.0 Å². The van der Waals surface area contributed by atoms with Crippen molar-refractivity contribution < 1.29 is 22.7 Å². The van der Waals surface area contributed by atoms with Crippen LogP contribution in [0, 0.1) is 0 Å². The highest BCUT2D eigenvalue weighted by Gasteiger charge is 2.23. The van der Waals surface area contributed by atoms with Gasteiger partial charge in [0, 0.05) is 17.5 Å². The predicted molar refractivity (Wildman–Crippen MR) is 101 cm³/mol. The summed E-state index contributed by atoms with van der Waals surface area (Å²) in [4.78, 5) is 25.6. The number of carbonyl (C=O) groups excluding carboxylic acids is 2. The maximum Gasteiger partial charge on any atom is 0.349 e. The standard InChI is InChI=1S/C17H26N2O5S2/c1-12(16(20)19-13-6-4-3-5-7-13)24-17(21)15-9-8-14(25-15)10-11-18-26(2,22)23/h8-9,12-13,18H,3-7,10-11H2,1-2H3,(H,19,20). The van der Waals surface area contributed by atoms with Crippen molar-refractivity contribution >= 4 is 33.2 Å². The smallest absolute Gasteiger partial charge is 0.349 e. The van der Waals surface area contributed by atoms with E-state index in [1.807, 2.05) is 0 Å². The second-order valence-corrected chi connectivity index (χ2v) is 9.57. The Balaban J connectivity index is 1.80.